The van der Waals surface area contributed by atoms with Gasteiger partial charge in [-0.2, -0.15) is 9.97 Å². The average molecular weight is 819 g/mol. The van der Waals surface area contributed by atoms with Crippen LogP contribution in [-0.4, -0.2) is 28.7 Å². The molecule has 0 fully saturated rings. The van der Waals surface area contributed by atoms with Crippen molar-refractivity contribution in [3.8, 4) is 40.1 Å². The highest BCUT2D eigenvalue weighted by molar-refractivity contribution is 6.19. The van der Waals surface area contributed by atoms with Crippen LogP contribution in [0.1, 0.15) is 0 Å². The van der Waals surface area contributed by atoms with E-state index in [-0.39, 0.29) is 0 Å². The van der Waals surface area contributed by atoms with E-state index in [4.69, 9.17) is 19.4 Å². The molecular weight excluding hydrogens is 785 g/mol. The van der Waals surface area contributed by atoms with E-state index in [0.29, 0.717) is 17.6 Å². The molecule has 7 nitrogen and oxygen atoms in total. The summed E-state index contributed by atoms with van der Waals surface area (Å²) in [6.45, 7) is 0. The van der Waals surface area contributed by atoms with Crippen LogP contribution < -0.4 is 0 Å². The molecule has 14 aromatic rings. The largest absolute Gasteiger partial charge is 0.456 e. The monoisotopic (exact) mass is 818 g/mol. The fourth-order valence-corrected chi connectivity index (χ4v) is 10.0. The number of para-hydroxylation sites is 6. The molecule has 0 aliphatic carbocycles. The Bertz CT molecular complexity index is 4140. The topological polar surface area (TPSA) is 66.6 Å². The van der Waals surface area contributed by atoms with Crippen LogP contribution in [0.2, 0.25) is 0 Å². The molecule has 0 bridgehead atoms. The van der Waals surface area contributed by atoms with Gasteiger partial charge in [-0.3, -0.25) is 4.57 Å². The lowest BCUT2D eigenvalue weighted by molar-refractivity contribution is 0.669. The Balaban J connectivity index is 0.961. The maximum Gasteiger partial charge on any atom is 0.238 e. The summed E-state index contributed by atoms with van der Waals surface area (Å²) >= 11 is 0. The molecular formula is C57H34N6O. The fourth-order valence-electron chi connectivity index (χ4n) is 10.0. The Morgan fingerprint density at radius 2 is 0.719 bits per heavy atom. The van der Waals surface area contributed by atoms with Crippen molar-refractivity contribution >= 4 is 87.4 Å². The van der Waals surface area contributed by atoms with Gasteiger partial charge in [0, 0.05) is 65.6 Å². The van der Waals surface area contributed by atoms with Gasteiger partial charge in [-0.1, -0.05) is 115 Å². The van der Waals surface area contributed by atoms with E-state index in [9.17, 15) is 0 Å². The number of rotatable bonds is 5. The first-order chi connectivity index (χ1) is 31.7. The highest BCUT2D eigenvalue weighted by atomic mass is 16.3. The van der Waals surface area contributed by atoms with Gasteiger partial charge < -0.3 is 13.6 Å². The molecule has 9 aromatic carbocycles. The quantitative estimate of drug-likeness (QED) is 0.173. The van der Waals surface area contributed by atoms with E-state index >= 15 is 0 Å². The molecule has 5 aromatic heterocycles. The molecule has 7 heteroatoms. The van der Waals surface area contributed by atoms with Crippen molar-refractivity contribution in [1.29, 1.82) is 0 Å². The number of benzene rings is 9. The first-order valence-electron chi connectivity index (χ1n) is 21.5. The molecule has 0 unspecified atom stereocenters. The predicted molar refractivity (Wildman–Crippen MR) is 261 cm³/mol. The Kier molecular flexibility index (Phi) is 7.27. The molecule has 0 spiro atoms. The lowest BCUT2D eigenvalue weighted by Gasteiger charge is -2.12. The molecule has 0 saturated carbocycles. The molecule has 5 heterocycles. The Morgan fingerprint density at radius 3 is 1.31 bits per heavy atom. The molecule has 0 radical (unpaired) electrons. The van der Waals surface area contributed by atoms with Gasteiger partial charge in [0.05, 0.1) is 33.1 Å². The van der Waals surface area contributed by atoms with Crippen molar-refractivity contribution in [2.24, 2.45) is 0 Å². The van der Waals surface area contributed by atoms with E-state index in [1.165, 1.54) is 32.6 Å². The third kappa shape index (κ3) is 5.06. The lowest BCUT2D eigenvalue weighted by Crippen LogP contribution is -2.06. The van der Waals surface area contributed by atoms with Crippen molar-refractivity contribution < 1.29 is 4.42 Å². The number of nitrogens with zero attached hydrogens (tertiary/aromatic N) is 6. The van der Waals surface area contributed by atoms with Crippen LogP contribution in [0.5, 0.6) is 0 Å². The second kappa shape index (κ2) is 13.3. The van der Waals surface area contributed by atoms with Gasteiger partial charge in [-0.25, -0.2) is 4.98 Å². The second-order valence-corrected chi connectivity index (χ2v) is 16.4. The minimum atomic E-state index is 0.548. The Labute approximate surface area is 365 Å². The van der Waals surface area contributed by atoms with Gasteiger partial charge >= 0.3 is 0 Å². The van der Waals surface area contributed by atoms with Crippen molar-refractivity contribution in [1.82, 2.24) is 28.7 Å². The van der Waals surface area contributed by atoms with E-state index in [1.54, 1.807) is 0 Å². The van der Waals surface area contributed by atoms with Crippen molar-refractivity contribution in [3.63, 3.8) is 0 Å². The lowest BCUT2D eigenvalue weighted by atomic mass is 10.1. The first kappa shape index (κ1) is 34.9. The highest BCUT2D eigenvalue weighted by Crippen LogP contribution is 2.40. The van der Waals surface area contributed by atoms with Gasteiger partial charge in [0.25, 0.3) is 0 Å². The van der Waals surface area contributed by atoms with Crippen molar-refractivity contribution in [2.45, 2.75) is 0 Å². The summed E-state index contributed by atoms with van der Waals surface area (Å²) in [4.78, 5) is 15.7. The summed E-state index contributed by atoms with van der Waals surface area (Å²) in [7, 11) is 0. The normalized spacial score (nSPS) is 12.1. The van der Waals surface area contributed by atoms with Gasteiger partial charge in [0.15, 0.2) is 11.6 Å². The number of hydrogen-bond acceptors (Lipinski definition) is 4. The van der Waals surface area contributed by atoms with Gasteiger partial charge in [0.1, 0.15) is 11.2 Å². The van der Waals surface area contributed by atoms with Crippen LogP contribution in [0, 0.1) is 0 Å². The van der Waals surface area contributed by atoms with Gasteiger partial charge in [-0.15, -0.1) is 0 Å². The first-order valence-corrected chi connectivity index (χ1v) is 21.5. The molecule has 0 amide bonds. The minimum Gasteiger partial charge on any atom is -0.456 e. The maximum absolute atomic E-state index is 6.34. The second-order valence-electron chi connectivity index (χ2n) is 16.4. The molecule has 0 atom stereocenters. The molecule has 14 rings (SSSR count). The summed E-state index contributed by atoms with van der Waals surface area (Å²) < 4.78 is 13.3. The van der Waals surface area contributed by atoms with Gasteiger partial charge in [-0.05, 0) is 91.0 Å². The third-order valence-electron chi connectivity index (χ3n) is 12.9. The third-order valence-corrected chi connectivity index (χ3v) is 12.9. The molecule has 0 aliphatic rings. The Hall–Kier alpha value is -8.81. The summed E-state index contributed by atoms with van der Waals surface area (Å²) in [5.41, 5.74) is 12.3. The van der Waals surface area contributed by atoms with Crippen LogP contribution in [0.15, 0.2) is 211 Å². The SMILES string of the molecule is c1ccc(-n2c3ccccc3c3cc4c(cc32)c2ccccc2n4-c2ccc(-c3nc(-c4ccc5c(c4)oc4ccccc45)nc(-n4c5ccccc5c5ccccc54)n3)cc2)cc1. The van der Waals surface area contributed by atoms with Crippen LogP contribution in [0.4, 0.5) is 0 Å². The van der Waals surface area contributed by atoms with E-state index in [2.05, 4.69) is 196 Å². The van der Waals surface area contributed by atoms with E-state index in [0.717, 1.165) is 77.3 Å². The summed E-state index contributed by atoms with van der Waals surface area (Å²) in [6.07, 6.45) is 0. The van der Waals surface area contributed by atoms with Crippen molar-refractivity contribution in [3.05, 3.63) is 206 Å². The minimum absolute atomic E-state index is 0.548. The van der Waals surface area contributed by atoms with Crippen LogP contribution in [0.3, 0.4) is 0 Å². The maximum atomic E-state index is 6.34. The zero-order valence-electron chi connectivity index (χ0n) is 34.2. The molecule has 298 valence electrons. The summed E-state index contributed by atoms with van der Waals surface area (Å²) in [5.74, 6) is 1.69. The van der Waals surface area contributed by atoms with Crippen LogP contribution >= 0.6 is 0 Å². The average Bonchev–Trinajstić information content (AvgIpc) is 4.09. The standard InChI is InChI=1S/C57H34N6O/c1-2-14-37(15-3-1)61-47-21-9-6-18-41(47)45-34-52-46(33-51(45)61)42-19-7-10-22-48(42)62(52)38-29-26-35(27-30-38)55-58-56(36-28-31-44-43-20-8-13-25-53(43)64-54(44)32-36)60-57(59-55)63-49-23-11-4-16-39(49)40-17-5-12-24-50(40)63/h1-34H. The highest BCUT2D eigenvalue weighted by Gasteiger charge is 2.21. The zero-order valence-corrected chi connectivity index (χ0v) is 34.2. The van der Waals surface area contributed by atoms with Crippen LogP contribution in [-0.2, 0) is 0 Å². The number of fused-ring (bicyclic) bond motifs is 12. The Morgan fingerprint density at radius 1 is 0.281 bits per heavy atom. The summed E-state index contributed by atoms with van der Waals surface area (Å²) in [5, 5.41) is 9.26. The van der Waals surface area contributed by atoms with E-state index < -0.39 is 0 Å². The summed E-state index contributed by atoms with van der Waals surface area (Å²) in [6, 6.07) is 72.7. The molecule has 64 heavy (non-hydrogen) atoms. The number of furan rings is 1. The zero-order chi connectivity index (χ0) is 41.9. The van der Waals surface area contributed by atoms with E-state index in [1.807, 2.05) is 24.3 Å². The van der Waals surface area contributed by atoms with Gasteiger partial charge in [0.2, 0.25) is 5.95 Å². The van der Waals surface area contributed by atoms with Crippen LogP contribution in [0.25, 0.3) is 127 Å². The van der Waals surface area contributed by atoms with Crippen molar-refractivity contribution in [2.75, 3.05) is 0 Å². The predicted octanol–water partition coefficient (Wildman–Crippen LogP) is 14.4. The number of hydrogen-bond donors (Lipinski definition) is 0. The molecule has 0 aliphatic heterocycles. The smallest absolute Gasteiger partial charge is 0.238 e. The number of aromatic nitrogens is 6. The fraction of sp³-hybridized carbons (Fsp3) is 0. The molecule has 0 N–H and O–H groups in total. The molecule has 0 saturated heterocycles.